The molecule has 0 aliphatic rings. The monoisotopic (exact) mass is 297 g/mol. The first-order chi connectivity index (χ1) is 10.7. The van der Waals surface area contributed by atoms with Crippen molar-refractivity contribution >= 4 is 5.97 Å². The Bertz CT molecular complexity index is 569. The van der Waals surface area contributed by atoms with Crippen LogP contribution in [0.25, 0.3) is 0 Å². The smallest absolute Gasteiger partial charge is 0.325 e. The van der Waals surface area contributed by atoms with Crippen molar-refractivity contribution < 1.29 is 9.90 Å². The van der Waals surface area contributed by atoms with Gasteiger partial charge >= 0.3 is 5.97 Å². The number of benzene rings is 2. The molecule has 0 saturated heterocycles. The van der Waals surface area contributed by atoms with E-state index in [0.717, 1.165) is 18.4 Å². The molecule has 0 aliphatic carbocycles. The summed E-state index contributed by atoms with van der Waals surface area (Å²) in [5.74, 6) is -0.410. The van der Waals surface area contributed by atoms with Crippen molar-refractivity contribution in [1.82, 2.24) is 5.32 Å². The van der Waals surface area contributed by atoms with Gasteiger partial charge in [-0.2, -0.15) is 0 Å². The summed E-state index contributed by atoms with van der Waals surface area (Å²) < 4.78 is 0. The van der Waals surface area contributed by atoms with Crippen LogP contribution >= 0.6 is 0 Å². The number of carboxylic acid groups (broad SMARTS) is 1. The molecule has 0 spiro atoms. The number of rotatable bonds is 8. The molecule has 1 unspecified atom stereocenters. The Hall–Kier alpha value is -2.13. The number of nitrogens with one attached hydrogen (secondary N) is 1. The maximum atomic E-state index is 11.4. The Kier molecular flexibility index (Phi) is 6.16. The van der Waals surface area contributed by atoms with Crippen molar-refractivity contribution in [2.45, 2.75) is 25.8 Å². The van der Waals surface area contributed by atoms with Gasteiger partial charge in [0.2, 0.25) is 0 Å². The summed E-state index contributed by atoms with van der Waals surface area (Å²) in [6.07, 6.45) is 2.06. The van der Waals surface area contributed by atoms with E-state index in [1.165, 1.54) is 5.56 Å². The SMILES string of the molecule is CC(CCc1ccccc1)CN[C@@H](C(=O)O)c1ccccc1. The van der Waals surface area contributed by atoms with E-state index in [9.17, 15) is 9.90 Å². The van der Waals surface area contributed by atoms with Gasteiger partial charge < -0.3 is 10.4 Å². The highest BCUT2D eigenvalue weighted by Crippen LogP contribution is 2.14. The standard InChI is InChI=1S/C19H23NO2/c1-15(12-13-16-8-4-2-5-9-16)14-20-18(19(21)22)17-10-6-3-7-11-17/h2-11,15,18,20H,12-14H2,1H3,(H,21,22)/t15?,18-/m1/s1. The summed E-state index contributed by atoms with van der Waals surface area (Å²) in [5, 5.41) is 12.6. The van der Waals surface area contributed by atoms with Crippen LogP contribution in [0.1, 0.15) is 30.5 Å². The average Bonchev–Trinajstić information content (AvgIpc) is 2.55. The number of hydrogen-bond donors (Lipinski definition) is 2. The largest absolute Gasteiger partial charge is 0.480 e. The van der Waals surface area contributed by atoms with Crippen LogP contribution in [0.15, 0.2) is 60.7 Å². The molecule has 22 heavy (non-hydrogen) atoms. The van der Waals surface area contributed by atoms with E-state index in [4.69, 9.17) is 0 Å². The second-order valence-corrected chi connectivity index (χ2v) is 5.72. The van der Waals surface area contributed by atoms with Crippen molar-refractivity contribution in [1.29, 1.82) is 0 Å². The van der Waals surface area contributed by atoms with Gasteiger partial charge in [-0.1, -0.05) is 67.6 Å². The predicted molar refractivity (Wildman–Crippen MR) is 88.7 cm³/mol. The highest BCUT2D eigenvalue weighted by atomic mass is 16.4. The lowest BCUT2D eigenvalue weighted by Crippen LogP contribution is -2.32. The highest BCUT2D eigenvalue weighted by molar-refractivity contribution is 5.75. The number of carbonyl (C=O) groups is 1. The zero-order chi connectivity index (χ0) is 15.8. The molecule has 0 fully saturated rings. The fraction of sp³-hybridized carbons (Fsp3) is 0.316. The van der Waals surface area contributed by atoms with Crippen molar-refractivity contribution in [3.8, 4) is 0 Å². The molecule has 0 aromatic heterocycles. The lowest BCUT2D eigenvalue weighted by Gasteiger charge is -2.18. The molecule has 2 rings (SSSR count). The fourth-order valence-corrected chi connectivity index (χ4v) is 2.47. The lowest BCUT2D eigenvalue weighted by molar-refractivity contribution is -0.139. The first-order valence-electron chi connectivity index (χ1n) is 7.72. The van der Waals surface area contributed by atoms with E-state index in [1.807, 2.05) is 48.5 Å². The molecule has 2 N–H and O–H groups in total. The van der Waals surface area contributed by atoms with E-state index in [-0.39, 0.29) is 0 Å². The highest BCUT2D eigenvalue weighted by Gasteiger charge is 2.19. The van der Waals surface area contributed by atoms with Crippen molar-refractivity contribution in [3.63, 3.8) is 0 Å². The maximum absolute atomic E-state index is 11.4. The van der Waals surface area contributed by atoms with Crippen LogP contribution in [0, 0.1) is 5.92 Å². The minimum atomic E-state index is -0.832. The van der Waals surface area contributed by atoms with Gasteiger partial charge in [-0.25, -0.2) is 0 Å². The molecule has 0 aliphatic heterocycles. The van der Waals surface area contributed by atoms with Gasteiger partial charge in [-0.15, -0.1) is 0 Å². The summed E-state index contributed by atoms with van der Waals surface area (Å²) >= 11 is 0. The third-order valence-electron chi connectivity index (χ3n) is 3.82. The molecular weight excluding hydrogens is 274 g/mol. The second-order valence-electron chi connectivity index (χ2n) is 5.72. The van der Waals surface area contributed by atoms with E-state index < -0.39 is 12.0 Å². The molecule has 0 saturated carbocycles. The van der Waals surface area contributed by atoms with E-state index in [0.29, 0.717) is 12.5 Å². The maximum Gasteiger partial charge on any atom is 0.325 e. The zero-order valence-electron chi connectivity index (χ0n) is 12.9. The van der Waals surface area contributed by atoms with Gasteiger partial charge in [0.15, 0.2) is 0 Å². The molecule has 0 bridgehead atoms. The van der Waals surface area contributed by atoms with E-state index in [1.54, 1.807) is 0 Å². The van der Waals surface area contributed by atoms with Crippen molar-refractivity contribution in [3.05, 3.63) is 71.8 Å². The Morgan fingerprint density at radius 2 is 1.64 bits per heavy atom. The fourth-order valence-electron chi connectivity index (χ4n) is 2.47. The quantitative estimate of drug-likeness (QED) is 0.781. The molecule has 2 aromatic carbocycles. The summed E-state index contributed by atoms with van der Waals surface area (Å²) in [6.45, 7) is 2.85. The first-order valence-corrected chi connectivity index (χ1v) is 7.72. The Labute approximate surface area is 132 Å². The van der Waals surface area contributed by atoms with Crippen LogP contribution in [-0.2, 0) is 11.2 Å². The molecule has 0 radical (unpaired) electrons. The van der Waals surface area contributed by atoms with Crippen LogP contribution in [0.5, 0.6) is 0 Å². The first kappa shape index (κ1) is 16.2. The number of aliphatic carboxylic acids is 1. The molecular formula is C19H23NO2. The third-order valence-corrected chi connectivity index (χ3v) is 3.82. The van der Waals surface area contributed by atoms with Crippen LogP contribution in [0.3, 0.4) is 0 Å². The molecule has 0 amide bonds. The summed E-state index contributed by atoms with van der Waals surface area (Å²) in [7, 11) is 0. The summed E-state index contributed by atoms with van der Waals surface area (Å²) in [4.78, 5) is 11.4. The van der Waals surface area contributed by atoms with E-state index >= 15 is 0 Å². The van der Waals surface area contributed by atoms with Gasteiger partial charge in [-0.3, -0.25) is 4.79 Å². The topological polar surface area (TPSA) is 49.3 Å². The minimum Gasteiger partial charge on any atom is -0.480 e. The lowest BCUT2D eigenvalue weighted by atomic mass is 10.00. The van der Waals surface area contributed by atoms with Gasteiger partial charge in [-0.05, 0) is 36.4 Å². The van der Waals surface area contributed by atoms with Crippen LogP contribution < -0.4 is 5.32 Å². The van der Waals surface area contributed by atoms with Gasteiger partial charge in [0.05, 0.1) is 0 Å². The van der Waals surface area contributed by atoms with Crippen LogP contribution in [0.2, 0.25) is 0 Å². The molecule has 3 heteroatoms. The molecule has 2 atom stereocenters. The third kappa shape index (κ3) is 5.01. The van der Waals surface area contributed by atoms with Crippen LogP contribution in [-0.4, -0.2) is 17.6 Å². The Balaban J connectivity index is 1.83. The molecule has 3 nitrogen and oxygen atoms in total. The molecule has 116 valence electrons. The second kappa shape index (κ2) is 8.35. The van der Waals surface area contributed by atoms with Gasteiger partial charge in [0.25, 0.3) is 0 Å². The number of aryl methyl sites for hydroxylation is 1. The normalized spacial score (nSPS) is 13.5. The van der Waals surface area contributed by atoms with Gasteiger partial charge in [0.1, 0.15) is 6.04 Å². The van der Waals surface area contributed by atoms with E-state index in [2.05, 4.69) is 24.4 Å². The number of carboxylic acids is 1. The summed E-state index contributed by atoms with van der Waals surface area (Å²) in [6, 6.07) is 19.1. The van der Waals surface area contributed by atoms with Crippen molar-refractivity contribution in [2.24, 2.45) is 5.92 Å². The number of hydrogen-bond acceptors (Lipinski definition) is 2. The Morgan fingerprint density at radius 3 is 2.23 bits per heavy atom. The van der Waals surface area contributed by atoms with Crippen molar-refractivity contribution in [2.75, 3.05) is 6.54 Å². The predicted octanol–water partition coefficient (Wildman–Crippen LogP) is 3.67. The minimum absolute atomic E-state index is 0.422. The van der Waals surface area contributed by atoms with Gasteiger partial charge in [0, 0.05) is 0 Å². The molecule has 2 aromatic rings. The molecule has 0 heterocycles. The zero-order valence-corrected chi connectivity index (χ0v) is 12.9. The van der Waals surface area contributed by atoms with Crippen LogP contribution in [0.4, 0.5) is 0 Å². The average molecular weight is 297 g/mol. The Morgan fingerprint density at radius 1 is 1.05 bits per heavy atom. The summed E-state index contributed by atoms with van der Waals surface area (Å²) in [5.41, 5.74) is 2.12.